The monoisotopic (exact) mass is 198 g/mol. The van der Waals surface area contributed by atoms with Crippen molar-refractivity contribution in [2.24, 2.45) is 5.92 Å². The van der Waals surface area contributed by atoms with Crippen LogP contribution in [0.2, 0.25) is 0 Å². The molecule has 4 nitrogen and oxygen atoms in total. The summed E-state index contributed by atoms with van der Waals surface area (Å²) >= 11 is 0. The molecular formula is C10H18N2O2. The van der Waals surface area contributed by atoms with Crippen LogP contribution in [-0.4, -0.2) is 54.6 Å². The molecule has 1 aliphatic heterocycles. The molecular weight excluding hydrogens is 180 g/mol. The molecule has 0 aliphatic carbocycles. The van der Waals surface area contributed by atoms with Gasteiger partial charge in [0.05, 0.1) is 5.92 Å². The molecule has 0 saturated carbocycles. The van der Waals surface area contributed by atoms with Gasteiger partial charge in [0.15, 0.2) is 0 Å². The maximum atomic E-state index is 10.6. The average molecular weight is 198 g/mol. The van der Waals surface area contributed by atoms with E-state index in [-0.39, 0.29) is 5.92 Å². The highest BCUT2D eigenvalue weighted by atomic mass is 16.4. The molecule has 1 atom stereocenters. The maximum absolute atomic E-state index is 10.6. The first-order valence-corrected chi connectivity index (χ1v) is 4.89. The van der Waals surface area contributed by atoms with Crippen LogP contribution in [0.1, 0.15) is 6.42 Å². The summed E-state index contributed by atoms with van der Waals surface area (Å²) in [7, 11) is 4.08. The third kappa shape index (κ3) is 3.38. The lowest BCUT2D eigenvalue weighted by Crippen LogP contribution is -2.25. The van der Waals surface area contributed by atoms with Crippen LogP contribution in [0.3, 0.4) is 0 Å². The van der Waals surface area contributed by atoms with Gasteiger partial charge in [-0.25, -0.2) is 0 Å². The number of carboxylic acids is 1. The summed E-state index contributed by atoms with van der Waals surface area (Å²) in [6, 6.07) is 0. The first-order chi connectivity index (χ1) is 6.59. The fourth-order valence-electron chi connectivity index (χ4n) is 1.52. The van der Waals surface area contributed by atoms with Crippen molar-refractivity contribution in [3.05, 3.63) is 12.3 Å². The molecule has 0 amide bonds. The summed E-state index contributed by atoms with van der Waals surface area (Å²) in [6.45, 7) is 2.61. The quantitative estimate of drug-likeness (QED) is 0.697. The van der Waals surface area contributed by atoms with E-state index >= 15 is 0 Å². The second-order valence-corrected chi connectivity index (χ2v) is 3.94. The van der Waals surface area contributed by atoms with Crippen molar-refractivity contribution in [1.82, 2.24) is 9.80 Å². The largest absolute Gasteiger partial charge is 0.481 e. The molecule has 0 saturated heterocycles. The van der Waals surface area contributed by atoms with Gasteiger partial charge in [-0.05, 0) is 33.3 Å². The minimum atomic E-state index is -0.726. The average Bonchev–Trinajstić information content (AvgIpc) is 2.52. The number of carboxylic acid groups (broad SMARTS) is 1. The van der Waals surface area contributed by atoms with Gasteiger partial charge in [0, 0.05) is 13.1 Å². The molecule has 0 fully saturated rings. The van der Waals surface area contributed by atoms with Crippen LogP contribution in [0, 0.1) is 5.92 Å². The Morgan fingerprint density at radius 2 is 2.36 bits per heavy atom. The fourth-order valence-corrected chi connectivity index (χ4v) is 1.52. The van der Waals surface area contributed by atoms with Crippen LogP contribution in [0.4, 0.5) is 0 Å². The molecule has 80 valence electrons. The Labute approximate surface area is 84.8 Å². The van der Waals surface area contributed by atoms with Gasteiger partial charge < -0.3 is 14.9 Å². The third-order valence-corrected chi connectivity index (χ3v) is 2.33. The van der Waals surface area contributed by atoms with E-state index in [0.29, 0.717) is 6.54 Å². The zero-order valence-electron chi connectivity index (χ0n) is 8.81. The van der Waals surface area contributed by atoms with Gasteiger partial charge in [-0.15, -0.1) is 0 Å². The molecule has 0 bridgehead atoms. The van der Waals surface area contributed by atoms with E-state index in [9.17, 15) is 4.79 Å². The van der Waals surface area contributed by atoms with E-state index in [1.165, 1.54) is 0 Å². The van der Waals surface area contributed by atoms with Crippen LogP contribution in [0.25, 0.3) is 0 Å². The number of nitrogens with zero attached hydrogens (tertiary/aromatic N) is 2. The maximum Gasteiger partial charge on any atom is 0.312 e. The first-order valence-electron chi connectivity index (χ1n) is 4.89. The van der Waals surface area contributed by atoms with Crippen LogP contribution in [0.5, 0.6) is 0 Å². The predicted octanol–water partition coefficient (Wildman–Crippen LogP) is 0.468. The summed E-state index contributed by atoms with van der Waals surface area (Å²) in [5.74, 6) is -1.04. The Kier molecular flexibility index (Phi) is 3.95. The standard InChI is InChI=1S/C10H18N2O2/c1-11(2)5-3-6-12-7-4-9(8-12)10(13)14/h4,7,9H,3,5-6,8H2,1-2H3,(H,13,14). The lowest BCUT2D eigenvalue weighted by atomic mass is 10.2. The van der Waals surface area contributed by atoms with Crippen molar-refractivity contribution in [3.63, 3.8) is 0 Å². The molecule has 0 radical (unpaired) electrons. The second-order valence-electron chi connectivity index (χ2n) is 3.94. The highest BCUT2D eigenvalue weighted by Crippen LogP contribution is 2.12. The van der Waals surface area contributed by atoms with Crippen molar-refractivity contribution >= 4 is 5.97 Å². The molecule has 1 rings (SSSR count). The Hall–Kier alpha value is -1.03. The normalized spacial score (nSPS) is 20.8. The Bertz CT molecular complexity index is 226. The fraction of sp³-hybridized carbons (Fsp3) is 0.700. The van der Waals surface area contributed by atoms with Gasteiger partial charge in [0.2, 0.25) is 0 Å². The smallest absolute Gasteiger partial charge is 0.312 e. The Morgan fingerprint density at radius 3 is 2.86 bits per heavy atom. The lowest BCUT2D eigenvalue weighted by Gasteiger charge is -2.18. The highest BCUT2D eigenvalue weighted by molar-refractivity contribution is 5.72. The van der Waals surface area contributed by atoms with Crippen molar-refractivity contribution in [2.45, 2.75) is 6.42 Å². The van der Waals surface area contributed by atoms with E-state index in [4.69, 9.17) is 5.11 Å². The number of hydrogen-bond donors (Lipinski definition) is 1. The molecule has 1 heterocycles. The number of carbonyl (C=O) groups is 1. The lowest BCUT2D eigenvalue weighted by molar-refractivity contribution is -0.140. The number of rotatable bonds is 5. The molecule has 0 aromatic rings. The Balaban J connectivity index is 2.17. The van der Waals surface area contributed by atoms with Gasteiger partial charge in [0.1, 0.15) is 0 Å². The molecule has 4 heteroatoms. The minimum absolute atomic E-state index is 0.311. The predicted molar refractivity (Wildman–Crippen MR) is 55.0 cm³/mol. The zero-order valence-corrected chi connectivity index (χ0v) is 8.81. The third-order valence-electron chi connectivity index (χ3n) is 2.33. The summed E-state index contributed by atoms with van der Waals surface area (Å²) in [6.07, 6.45) is 4.73. The SMILES string of the molecule is CN(C)CCCN1C=CC(C(=O)O)C1. The second kappa shape index (κ2) is 5.00. The van der Waals surface area contributed by atoms with Gasteiger partial charge in [0.25, 0.3) is 0 Å². The van der Waals surface area contributed by atoms with Gasteiger partial charge >= 0.3 is 5.97 Å². The topological polar surface area (TPSA) is 43.8 Å². The van der Waals surface area contributed by atoms with Gasteiger partial charge in [-0.1, -0.05) is 6.08 Å². The molecule has 1 unspecified atom stereocenters. The minimum Gasteiger partial charge on any atom is -0.481 e. The molecule has 14 heavy (non-hydrogen) atoms. The van der Waals surface area contributed by atoms with E-state index in [0.717, 1.165) is 19.5 Å². The van der Waals surface area contributed by atoms with E-state index in [1.807, 2.05) is 20.3 Å². The van der Waals surface area contributed by atoms with Crippen molar-refractivity contribution < 1.29 is 9.90 Å². The van der Waals surface area contributed by atoms with Crippen molar-refractivity contribution in [1.29, 1.82) is 0 Å². The van der Waals surface area contributed by atoms with Gasteiger partial charge in [-0.3, -0.25) is 4.79 Å². The summed E-state index contributed by atoms with van der Waals surface area (Å²) < 4.78 is 0. The van der Waals surface area contributed by atoms with Crippen molar-refractivity contribution in [2.75, 3.05) is 33.7 Å². The Morgan fingerprint density at radius 1 is 1.64 bits per heavy atom. The van der Waals surface area contributed by atoms with E-state index < -0.39 is 5.97 Å². The van der Waals surface area contributed by atoms with E-state index in [1.54, 1.807) is 6.08 Å². The van der Waals surface area contributed by atoms with Crippen LogP contribution in [0.15, 0.2) is 12.3 Å². The molecule has 0 spiro atoms. The van der Waals surface area contributed by atoms with E-state index in [2.05, 4.69) is 9.80 Å². The summed E-state index contributed by atoms with van der Waals surface area (Å²) in [4.78, 5) is 14.8. The molecule has 0 aromatic heterocycles. The summed E-state index contributed by atoms with van der Waals surface area (Å²) in [5, 5.41) is 8.76. The number of hydrogen-bond acceptors (Lipinski definition) is 3. The zero-order chi connectivity index (χ0) is 10.6. The van der Waals surface area contributed by atoms with Crippen LogP contribution in [-0.2, 0) is 4.79 Å². The molecule has 1 N–H and O–H groups in total. The summed E-state index contributed by atoms with van der Waals surface area (Å²) in [5.41, 5.74) is 0. The first kappa shape index (κ1) is 11.0. The van der Waals surface area contributed by atoms with Crippen LogP contribution >= 0.6 is 0 Å². The van der Waals surface area contributed by atoms with Gasteiger partial charge in [-0.2, -0.15) is 0 Å². The number of aliphatic carboxylic acids is 1. The van der Waals surface area contributed by atoms with Crippen LogP contribution < -0.4 is 0 Å². The highest BCUT2D eigenvalue weighted by Gasteiger charge is 2.21. The molecule has 1 aliphatic rings. The molecule has 0 aromatic carbocycles. The van der Waals surface area contributed by atoms with Crippen molar-refractivity contribution in [3.8, 4) is 0 Å².